The summed E-state index contributed by atoms with van der Waals surface area (Å²) >= 11 is 5.83. The van der Waals surface area contributed by atoms with Gasteiger partial charge in [0.05, 0.1) is 11.4 Å². The lowest BCUT2D eigenvalue weighted by molar-refractivity contribution is -0.136. The molecule has 116 valence electrons. The van der Waals surface area contributed by atoms with E-state index in [1.165, 1.54) is 12.1 Å². The van der Waals surface area contributed by atoms with Gasteiger partial charge in [0, 0.05) is 23.6 Å². The van der Waals surface area contributed by atoms with Crippen molar-refractivity contribution in [1.82, 2.24) is 9.55 Å². The smallest absolute Gasteiger partial charge is 0.307 e. The molecule has 6 heteroatoms. The zero-order valence-corrected chi connectivity index (χ0v) is 12.7. The minimum absolute atomic E-state index is 0.0247. The second-order valence-corrected chi connectivity index (χ2v) is 5.40. The standard InChI is InChI=1S/C17H12ClFN2O2/c18-14-10-12(4-5-15(14)19)17-20-6-7-21(17)13-3-1-2-11(8-13)9-16(22)23/h1-8,10H,9H2,(H,22,23). The van der Waals surface area contributed by atoms with Crippen molar-refractivity contribution in [3.05, 3.63) is 71.3 Å². The Hall–Kier alpha value is -2.66. The first-order valence-electron chi connectivity index (χ1n) is 6.84. The minimum Gasteiger partial charge on any atom is -0.481 e. The Bertz CT molecular complexity index is 877. The van der Waals surface area contributed by atoms with Crippen molar-refractivity contribution in [1.29, 1.82) is 0 Å². The first-order valence-corrected chi connectivity index (χ1v) is 7.22. The molecule has 0 unspecified atom stereocenters. The highest BCUT2D eigenvalue weighted by molar-refractivity contribution is 6.31. The maximum absolute atomic E-state index is 13.3. The Labute approximate surface area is 136 Å². The van der Waals surface area contributed by atoms with Gasteiger partial charge in [0.1, 0.15) is 11.6 Å². The van der Waals surface area contributed by atoms with E-state index in [0.29, 0.717) is 17.0 Å². The summed E-state index contributed by atoms with van der Waals surface area (Å²) in [7, 11) is 0. The van der Waals surface area contributed by atoms with Gasteiger partial charge in [0.15, 0.2) is 0 Å². The fraction of sp³-hybridized carbons (Fsp3) is 0.0588. The van der Waals surface area contributed by atoms with E-state index in [2.05, 4.69) is 4.98 Å². The molecule has 23 heavy (non-hydrogen) atoms. The molecule has 0 spiro atoms. The summed E-state index contributed by atoms with van der Waals surface area (Å²) in [5.41, 5.74) is 2.13. The van der Waals surface area contributed by atoms with Gasteiger partial charge < -0.3 is 5.11 Å². The van der Waals surface area contributed by atoms with E-state index in [-0.39, 0.29) is 11.4 Å². The predicted octanol–water partition coefficient (Wildman–Crippen LogP) is 3.96. The molecule has 0 amide bonds. The van der Waals surface area contributed by atoms with Gasteiger partial charge in [0.25, 0.3) is 0 Å². The lowest BCUT2D eigenvalue weighted by Crippen LogP contribution is -2.02. The zero-order chi connectivity index (χ0) is 16.4. The topological polar surface area (TPSA) is 55.1 Å². The van der Waals surface area contributed by atoms with Crippen LogP contribution in [0.4, 0.5) is 4.39 Å². The van der Waals surface area contributed by atoms with Crippen LogP contribution in [0.5, 0.6) is 0 Å². The molecule has 0 radical (unpaired) electrons. The third-order valence-corrected chi connectivity index (χ3v) is 3.65. The average Bonchev–Trinajstić information content (AvgIpc) is 2.99. The number of carboxylic acid groups (broad SMARTS) is 1. The summed E-state index contributed by atoms with van der Waals surface area (Å²) in [4.78, 5) is 15.1. The maximum Gasteiger partial charge on any atom is 0.307 e. The van der Waals surface area contributed by atoms with Crippen LogP contribution in [0.1, 0.15) is 5.56 Å². The van der Waals surface area contributed by atoms with Crippen LogP contribution in [-0.4, -0.2) is 20.6 Å². The Morgan fingerprint density at radius 3 is 2.83 bits per heavy atom. The van der Waals surface area contributed by atoms with Gasteiger partial charge in [0.2, 0.25) is 0 Å². The van der Waals surface area contributed by atoms with Crippen LogP contribution >= 0.6 is 11.6 Å². The van der Waals surface area contributed by atoms with E-state index in [1.54, 1.807) is 41.2 Å². The molecule has 0 saturated carbocycles. The number of halogens is 2. The fourth-order valence-electron chi connectivity index (χ4n) is 2.35. The van der Waals surface area contributed by atoms with Crippen molar-refractivity contribution in [2.24, 2.45) is 0 Å². The van der Waals surface area contributed by atoms with Crippen molar-refractivity contribution in [2.45, 2.75) is 6.42 Å². The predicted molar refractivity (Wildman–Crippen MR) is 85.3 cm³/mol. The van der Waals surface area contributed by atoms with E-state index in [9.17, 15) is 9.18 Å². The molecule has 3 aromatic rings. The van der Waals surface area contributed by atoms with Crippen LogP contribution in [0, 0.1) is 5.82 Å². The largest absolute Gasteiger partial charge is 0.481 e. The van der Waals surface area contributed by atoms with Crippen LogP contribution in [-0.2, 0) is 11.2 Å². The number of imidazole rings is 1. The van der Waals surface area contributed by atoms with Gasteiger partial charge in [-0.3, -0.25) is 9.36 Å². The number of carboxylic acids is 1. The third kappa shape index (κ3) is 3.24. The Morgan fingerprint density at radius 1 is 1.26 bits per heavy atom. The van der Waals surface area contributed by atoms with Crippen molar-refractivity contribution in [3.63, 3.8) is 0 Å². The van der Waals surface area contributed by atoms with E-state index in [1.807, 2.05) is 6.07 Å². The highest BCUT2D eigenvalue weighted by Gasteiger charge is 2.11. The van der Waals surface area contributed by atoms with Crippen LogP contribution in [0.25, 0.3) is 17.1 Å². The number of benzene rings is 2. The van der Waals surface area contributed by atoms with Gasteiger partial charge in [-0.05, 0) is 35.9 Å². The van der Waals surface area contributed by atoms with Crippen molar-refractivity contribution in [3.8, 4) is 17.1 Å². The molecule has 0 aliphatic rings. The number of hydrogen-bond donors (Lipinski definition) is 1. The van der Waals surface area contributed by atoms with Gasteiger partial charge >= 0.3 is 5.97 Å². The van der Waals surface area contributed by atoms with E-state index in [0.717, 1.165) is 5.69 Å². The van der Waals surface area contributed by atoms with Crippen LogP contribution in [0.15, 0.2) is 54.9 Å². The highest BCUT2D eigenvalue weighted by atomic mass is 35.5. The highest BCUT2D eigenvalue weighted by Crippen LogP contribution is 2.26. The second kappa shape index (κ2) is 6.22. The second-order valence-electron chi connectivity index (χ2n) is 4.99. The number of rotatable bonds is 4. The molecule has 0 saturated heterocycles. The van der Waals surface area contributed by atoms with Crippen molar-refractivity contribution < 1.29 is 14.3 Å². The molecule has 1 N–H and O–H groups in total. The van der Waals surface area contributed by atoms with Gasteiger partial charge in [-0.1, -0.05) is 23.7 Å². The third-order valence-electron chi connectivity index (χ3n) is 3.36. The quantitative estimate of drug-likeness (QED) is 0.787. The average molecular weight is 331 g/mol. The van der Waals surface area contributed by atoms with Crippen LogP contribution < -0.4 is 0 Å². The molecule has 1 heterocycles. The summed E-state index contributed by atoms with van der Waals surface area (Å²) in [5, 5.41) is 8.93. The molecule has 1 aromatic heterocycles. The first kappa shape index (κ1) is 15.2. The number of aromatic nitrogens is 2. The molecule has 4 nitrogen and oxygen atoms in total. The molecular weight excluding hydrogens is 319 g/mol. The SMILES string of the molecule is O=C(O)Cc1cccc(-n2ccnc2-c2ccc(F)c(Cl)c2)c1. The fourth-order valence-corrected chi connectivity index (χ4v) is 2.53. The molecule has 0 bridgehead atoms. The molecule has 3 rings (SSSR count). The summed E-state index contributed by atoms with van der Waals surface area (Å²) in [6, 6.07) is 11.6. The summed E-state index contributed by atoms with van der Waals surface area (Å²) < 4.78 is 15.1. The Kier molecular flexibility index (Phi) is 4.12. The number of carbonyl (C=O) groups is 1. The molecule has 0 aliphatic heterocycles. The molecule has 0 atom stereocenters. The minimum atomic E-state index is -0.890. The van der Waals surface area contributed by atoms with Gasteiger partial charge in [-0.25, -0.2) is 9.37 Å². The summed E-state index contributed by atoms with van der Waals surface area (Å²) in [5.74, 6) is -0.783. The number of nitrogens with zero attached hydrogens (tertiary/aromatic N) is 2. The summed E-state index contributed by atoms with van der Waals surface area (Å²) in [6.07, 6.45) is 3.32. The number of hydrogen-bond acceptors (Lipinski definition) is 2. The summed E-state index contributed by atoms with van der Waals surface area (Å²) in [6.45, 7) is 0. The van der Waals surface area contributed by atoms with Crippen molar-refractivity contribution in [2.75, 3.05) is 0 Å². The molecule has 2 aromatic carbocycles. The van der Waals surface area contributed by atoms with E-state index >= 15 is 0 Å². The molecule has 0 aliphatic carbocycles. The Morgan fingerprint density at radius 2 is 2.09 bits per heavy atom. The number of aliphatic carboxylic acids is 1. The lowest BCUT2D eigenvalue weighted by Gasteiger charge is -2.10. The maximum atomic E-state index is 13.3. The van der Waals surface area contributed by atoms with Gasteiger partial charge in [-0.15, -0.1) is 0 Å². The van der Waals surface area contributed by atoms with E-state index < -0.39 is 11.8 Å². The normalized spacial score (nSPS) is 10.7. The van der Waals surface area contributed by atoms with Crippen molar-refractivity contribution >= 4 is 17.6 Å². The zero-order valence-electron chi connectivity index (χ0n) is 11.9. The first-order chi connectivity index (χ1) is 11.0. The van der Waals surface area contributed by atoms with Gasteiger partial charge in [-0.2, -0.15) is 0 Å². The monoisotopic (exact) mass is 330 g/mol. The molecular formula is C17H12ClFN2O2. The molecule has 0 fully saturated rings. The van der Waals surface area contributed by atoms with E-state index in [4.69, 9.17) is 16.7 Å². The van der Waals surface area contributed by atoms with Crippen LogP contribution in [0.3, 0.4) is 0 Å². The lowest BCUT2D eigenvalue weighted by atomic mass is 10.1. The Balaban J connectivity index is 2.04. The van der Waals surface area contributed by atoms with Crippen LogP contribution in [0.2, 0.25) is 5.02 Å².